The number of benzene rings is 3. The summed E-state index contributed by atoms with van der Waals surface area (Å²) < 4.78 is 28.2. The second kappa shape index (κ2) is 12.8. The summed E-state index contributed by atoms with van der Waals surface area (Å²) in [4.78, 5) is 28.7. The molecule has 1 saturated heterocycles. The van der Waals surface area contributed by atoms with Gasteiger partial charge in [-0.15, -0.1) is 0 Å². The van der Waals surface area contributed by atoms with Gasteiger partial charge in [0, 0.05) is 47.4 Å². The van der Waals surface area contributed by atoms with Gasteiger partial charge < -0.3 is 20.6 Å². The molecule has 2 atom stereocenters. The standard InChI is InChI=1S/C29H30F2IN3O3/c30-22-11-21(12-23(31)16-22)14-26(33)27(36)18-34(17-20-3-1-4-24(32)13-20)29(38)15-19-6-8-25(9-7-19)35-10-2-5-28(35)37/h1,3-4,6-9,11-13,16,26-27,36H,2,5,10,14-15,17-18,33H2/t26-,27+/m0/s1. The lowest BCUT2D eigenvalue weighted by atomic mass is 10.0. The number of amides is 2. The Morgan fingerprint density at radius 3 is 2.37 bits per heavy atom. The van der Waals surface area contributed by atoms with E-state index in [4.69, 9.17) is 5.73 Å². The van der Waals surface area contributed by atoms with E-state index in [-0.39, 0.29) is 37.7 Å². The van der Waals surface area contributed by atoms with Gasteiger partial charge in [-0.3, -0.25) is 9.59 Å². The van der Waals surface area contributed by atoms with Crippen molar-refractivity contribution in [3.8, 4) is 0 Å². The maximum Gasteiger partial charge on any atom is 0.227 e. The average Bonchev–Trinajstić information content (AvgIpc) is 3.29. The number of carbonyl (C=O) groups is 2. The van der Waals surface area contributed by atoms with Gasteiger partial charge >= 0.3 is 0 Å². The summed E-state index contributed by atoms with van der Waals surface area (Å²) in [7, 11) is 0. The molecule has 200 valence electrons. The van der Waals surface area contributed by atoms with Crippen molar-refractivity contribution in [2.24, 2.45) is 5.73 Å². The molecule has 38 heavy (non-hydrogen) atoms. The fourth-order valence-corrected chi connectivity index (χ4v) is 5.22. The van der Waals surface area contributed by atoms with Crippen molar-refractivity contribution >= 4 is 40.1 Å². The van der Waals surface area contributed by atoms with E-state index in [2.05, 4.69) is 22.6 Å². The van der Waals surface area contributed by atoms with E-state index >= 15 is 0 Å². The van der Waals surface area contributed by atoms with Gasteiger partial charge in [-0.25, -0.2) is 8.78 Å². The van der Waals surface area contributed by atoms with Crippen molar-refractivity contribution < 1.29 is 23.5 Å². The van der Waals surface area contributed by atoms with Crippen LogP contribution in [-0.2, 0) is 29.0 Å². The molecule has 2 amide bonds. The molecular formula is C29H30F2IN3O3. The van der Waals surface area contributed by atoms with Crippen LogP contribution in [0, 0.1) is 15.2 Å². The van der Waals surface area contributed by atoms with Crippen LogP contribution in [0.1, 0.15) is 29.5 Å². The van der Waals surface area contributed by atoms with E-state index in [9.17, 15) is 23.5 Å². The summed E-state index contributed by atoms with van der Waals surface area (Å²) in [5.74, 6) is -1.52. The first-order chi connectivity index (χ1) is 18.2. The third-order valence-corrected chi connectivity index (χ3v) is 7.26. The maximum atomic E-state index is 13.6. The summed E-state index contributed by atoms with van der Waals surface area (Å²) in [6.45, 7) is 0.930. The number of halogens is 3. The predicted octanol–water partition coefficient (Wildman–Crippen LogP) is 4.20. The Bertz CT molecular complexity index is 1270. The van der Waals surface area contributed by atoms with E-state index in [1.54, 1.807) is 9.80 Å². The number of nitrogens with zero attached hydrogens (tertiary/aromatic N) is 2. The number of hydrogen-bond acceptors (Lipinski definition) is 4. The lowest BCUT2D eigenvalue weighted by Crippen LogP contribution is -2.46. The van der Waals surface area contributed by atoms with Crippen LogP contribution in [0.5, 0.6) is 0 Å². The summed E-state index contributed by atoms with van der Waals surface area (Å²) in [6.07, 6.45) is 0.432. The Kier molecular flexibility index (Phi) is 9.45. The Morgan fingerprint density at radius 2 is 1.74 bits per heavy atom. The lowest BCUT2D eigenvalue weighted by Gasteiger charge is -2.28. The summed E-state index contributed by atoms with van der Waals surface area (Å²) in [6, 6.07) is 17.4. The molecule has 3 N–H and O–H groups in total. The van der Waals surface area contributed by atoms with E-state index in [1.807, 2.05) is 48.5 Å². The summed E-state index contributed by atoms with van der Waals surface area (Å²) >= 11 is 2.20. The predicted molar refractivity (Wildman–Crippen MR) is 150 cm³/mol. The van der Waals surface area contributed by atoms with Crippen molar-refractivity contribution in [2.75, 3.05) is 18.0 Å². The number of rotatable bonds is 10. The fraction of sp³-hybridized carbons (Fsp3) is 0.310. The Morgan fingerprint density at radius 1 is 1.03 bits per heavy atom. The van der Waals surface area contributed by atoms with Crippen LogP contribution in [0.4, 0.5) is 14.5 Å². The maximum absolute atomic E-state index is 13.6. The molecule has 0 radical (unpaired) electrons. The quantitative estimate of drug-likeness (QED) is 0.328. The molecule has 1 aliphatic heterocycles. The largest absolute Gasteiger partial charge is 0.390 e. The highest BCUT2D eigenvalue weighted by molar-refractivity contribution is 14.1. The Labute approximate surface area is 234 Å². The lowest BCUT2D eigenvalue weighted by molar-refractivity contribution is -0.132. The molecule has 1 heterocycles. The Hall–Kier alpha value is -2.89. The topological polar surface area (TPSA) is 86.9 Å². The first-order valence-electron chi connectivity index (χ1n) is 12.5. The molecule has 0 unspecified atom stereocenters. The van der Waals surface area contributed by atoms with Crippen LogP contribution < -0.4 is 10.6 Å². The van der Waals surface area contributed by atoms with Crippen LogP contribution in [0.25, 0.3) is 0 Å². The third-order valence-electron chi connectivity index (χ3n) is 6.59. The molecule has 1 aliphatic rings. The molecule has 6 nitrogen and oxygen atoms in total. The zero-order valence-electron chi connectivity index (χ0n) is 20.8. The number of carbonyl (C=O) groups excluding carboxylic acids is 2. The smallest absolute Gasteiger partial charge is 0.227 e. The molecule has 0 aliphatic carbocycles. The van der Waals surface area contributed by atoms with Gasteiger partial charge in [0.05, 0.1) is 12.5 Å². The third kappa shape index (κ3) is 7.58. The number of nitrogens with two attached hydrogens (primary N) is 1. The first-order valence-corrected chi connectivity index (χ1v) is 13.6. The van der Waals surface area contributed by atoms with Crippen molar-refractivity contribution in [1.29, 1.82) is 0 Å². The first kappa shape index (κ1) is 28.1. The van der Waals surface area contributed by atoms with E-state index in [1.165, 1.54) is 12.1 Å². The fourth-order valence-electron chi connectivity index (χ4n) is 4.61. The molecule has 4 rings (SSSR count). The van der Waals surface area contributed by atoms with Gasteiger partial charge in [-0.05, 0) is 88.5 Å². The highest BCUT2D eigenvalue weighted by Crippen LogP contribution is 2.22. The monoisotopic (exact) mass is 633 g/mol. The number of aliphatic hydroxyl groups is 1. The van der Waals surface area contributed by atoms with Gasteiger partial charge in [-0.2, -0.15) is 0 Å². The molecule has 0 aromatic heterocycles. The molecule has 0 saturated carbocycles. The normalized spacial score (nSPS) is 15.0. The molecule has 1 fully saturated rings. The van der Waals surface area contributed by atoms with Gasteiger partial charge in [0.2, 0.25) is 11.8 Å². The number of aliphatic hydroxyl groups excluding tert-OH is 1. The minimum atomic E-state index is -1.11. The van der Waals surface area contributed by atoms with Gasteiger partial charge in [0.1, 0.15) is 11.6 Å². The average molecular weight is 633 g/mol. The van der Waals surface area contributed by atoms with Crippen LogP contribution in [0.3, 0.4) is 0 Å². The number of anilines is 1. The molecule has 3 aromatic rings. The van der Waals surface area contributed by atoms with Crippen LogP contribution >= 0.6 is 22.6 Å². The zero-order chi connectivity index (χ0) is 27.2. The van der Waals surface area contributed by atoms with Crippen molar-refractivity contribution in [2.45, 2.75) is 44.4 Å². The summed E-state index contributed by atoms with van der Waals surface area (Å²) in [5.41, 5.74) is 9.03. The summed E-state index contributed by atoms with van der Waals surface area (Å²) in [5, 5.41) is 10.9. The zero-order valence-corrected chi connectivity index (χ0v) is 23.0. The second-order valence-electron chi connectivity index (χ2n) is 9.61. The van der Waals surface area contributed by atoms with Crippen molar-refractivity contribution in [3.63, 3.8) is 0 Å². The SMILES string of the molecule is N[C@@H](Cc1cc(F)cc(F)c1)[C@H](O)CN(Cc1cccc(I)c1)C(=O)Cc1ccc(N2CCCC2=O)cc1. The van der Waals surface area contributed by atoms with Gasteiger partial charge in [0.15, 0.2) is 0 Å². The molecule has 0 bridgehead atoms. The van der Waals surface area contributed by atoms with Crippen molar-refractivity contribution in [1.82, 2.24) is 4.90 Å². The van der Waals surface area contributed by atoms with Gasteiger partial charge in [-0.1, -0.05) is 24.3 Å². The highest BCUT2D eigenvalue weighted by Gasteiger charge is 2.24. The molecular weight excluding hydrogens is 603 g/mol. The molecule has 9 heteroatoms. The highest BCUT2D eigenvalue weighted by atomic mass is 127. The molecule has 0 spiro atoms. The Balaban J connectivity index is 1.46. The number of hydrogen-bond donors (Lipinski definition) is 2. The van der Waals surface area contributed by atoms with E-state index in [0.29, 0.717) is 18.5 Å². The minimum absolute atomic E-state index is 0.0381. The minimum Gasteiger partial charge on any atom is -0.390 e. The van der Waals surface area contributed by atoms with Gasteiger partial charge in [0.25, 0.3) is 0 Å². The van der Waals surface area contributed by atoms with Crippen LogP contribution in [-0.4, -0.2) is 47.1 Å². The van der Waals surface area contributed by atoms with Crippen molar-refractivity contribution in [3.05, 3.63) is 98.6 Å². The molecule has 3 aromatic carbocycles. The van der Waals surface area contributed by atoms with Crippen LogP contribution in [0.2, 0.25) is 0 Å². The van der Waals surface area contributed by atoms with E-state index < -0.39 is 23.8 Å². The second-order valence-corrected chi connectivity index (χ2v) is 10.9. The van der Waals surface area contributed by atoms with E-state index in [0.717, 1.165) is 32.9 Å². The van der Waals surface area contributed by atoms with Crippen LogP contribution in [0.15, 0.2) is 66.7 Å².